The van der Waals surface area contributed by atoms with Crippen LogP contribution in [0.4, 0.5) is 5.69 Å². The van der Waals surface area contributed by atoms with Crippen LogP contribution < -0.4 is 15.4 Å². The van der Waals surface area contributed by atoms with Crippen LogP contribution in [0.3, 0.4) is 0 Å². The number of esters is 1. The van der Waals surface area contributed by atoms with Crippen molar-refractivity contribution in [3.63, 3.8) is 0 Å². The molecule has 3 rings (SSSR count). The summed E-state index contributed by atoms with van der Waals surface area (Å²) in [6.07, 6.45) is 1.85. The summed E-state index contributed by atoms with van der Waals surface area (Å²) in [5.41, 5.74) is 2.75. The average Bonchev–Trinajstić information content (AvgIpc) is 3.44. The summed E-state index contributed by atoms with van der Waals surface area (Å²) in [4.78, 5) is 32.6. The van der Waals surface area contributed by atoms with Crippen LogP contribution in [0.25, 0.3) is 0 Å². The minimum absolute atomic E-state index is 0.190. The highest BCUT2D eigenvalue weighted by molar-refractivity contribution is 6.00. The van der Waals surface area contributed by atoms with Gasteiger partial charge < -0.3 is 25.1 Å². The Morgan fingerprint density at radius 3 is 2.52 bits per heavy atom. The summed E-state index contributed by atoms with van der Waals surface area (Å²) >= 11 is 0. The third-order valence-electron chi connectivity index (χ3n) is 4.68. The number of anilines is 1. The monoisotopic (exact) mass is 426 g/mol. The van der Waals surface area contributed by atoms with E-state index in [1.54, 1.807) is 14.0 Å². The molecule has 10 heteroatoms. The number of nitrogens with zero attached hydrogens (tertiary/aromatic N) is 2. The molecule has 3 aromatic rings. The molecule has 4 N–H and O–H groups in total. The predicted molar refractivity (Wildman–Crippen MR) is 114 cm³/mol. The average molecular weight is 426 g/mol. The summed E-state index contributed by atoms with van der Waals surface area (Å²) in [5.74, 6) is 0.479. The minimum Gasteiger partial charge on any atom is -0.497 e. The number of carbonyl (C=O) groups is 2. The first-order chi connectivity index (χ1) is 15.1. The molecule has 2 aromatic heterocycles. The summed E-state index contributed by atoms with van der Waals surface area (Å²) in [6, 6.07) is 7.42. The molecule has 0 unspecified atom stereocenters. The van der Waals surface area contributed by atoms with Crippen molar-refractivity contribution in [2.24, 2.45) is 0 Å². The van der Waals surface area contributed by atoms with Gasteiger partial charge in [0.05, 0.1) is 32.4 Å². The largest absolute Gasteiger partial charge is 0.497 e. The zero-order valence-electron chi connectivity index (χ0n) is 17.7. The van der Waals surface area contributed by atoms with Crippen LogP contribution in [-0.2, 0) is 24.2 Å². The van der Waals surface area contributed by atoms with Crippen LogP contribution in [0.1, 0.15) is 51.8 Å². The Morgan fingerprint density at radius 1 is 1.13 bits per heavy atom. The van der Waals surface area contributed by atoms with Gasteiger partial charge in [-0.25, -0.2) is 9.78 Å². The predicted octanol–water partition coefficient (Wildman–Crippen LogP) is 2.42. The zero-order valence-corrected chi connectivity index (χ0v) is 17.7. The van der Waals surface area contributed by atoms with E-state index in [0.717, 1.165) is 11.4 Å². The van der Waals surface area contributed by atoms with Crippen LogP contribution in [-0.4, -0.2) is 45.8 Å². The lowest BCUT2D eigenvalue weighted by Gasteiger charge is -2.09. The molecule has 0 saturated carbocycles. The maximum Gasteiger partial charge on any atom is 0.340 e. The van der Waals surface area contributed by atoms with E-state index in [9.17, 15) is 9.59 Å². The number of aromatic nitrogens is 4. The smallest absolute Gasteiger partial charge is 0.340 e. The third-order valence-corrected chi connectivity index (χ3v) is 4.68. The van der Waals surface area contributed by atoms with Crippen molar-refractivity contribution in [3.05, 3.63) is 58.9 Å². The molecule has 0 fully saturated rings. The van der Waals surface area contributed by atoms with Crippen molar-refractivity contribution in [1.82, 2.24) is 25.5 Å². The molecule has 0 aliphatic rings. The van der Waals surface area contributed by atoms with Crippen LogP contribution in [0.2, 0.25) is 0 Å². The van der Waals surface area contributed by atoms with Crippen molar-refractivity contribution in [2.45, 2.75) is 33.4 Å². The van der Waals surface area contributed by atoms with Gasteiger partial charge in [-0.2, -0.15) is 5.10 Å². The Bertz CT molecular complexity index is 1010. The lowest BCUT2D eigenvalue weighted by atomic mass is 10.1. The number of carbonyl (C=O) groups excluding carboxylic acids is 2. The number of amides is 1. The highest BCUT2D eigenvalue weighted by Gasteiger charge is 2.26. The molecule has 0 spiro atoms. The number of aromatic amines is 2. The van der Waals surface area contributed by atoms with E-state index in [1.807, 2.05) is 31.2 Å². The van der Waals surface area contributed by atoms with Crippen LogP contribution >= 0.6 is 0 Å². The number of hydrogen-bond donors (Lipinski definition) is 4. The third kappa shape index (κ3) is 5.21. The molecule has 164 valence electrons. The van der Waals surface area contributed by atoms with Crippen molar-refractivity contribution in [1.29, 1.82) is 0 Å². The second-order valence-corrected chi connectivity index (χ2v) is 6.60. The van der Waals surface area contributed by atoms with Gasteiger partial charge in [0, 0.05) is 11.4 Å². The Kier molecular flexibility index (Phi) is 7.26. The molecule has 0 saturated heterocycles. The van der Waals surface area contributed by atoms with Crippen LogP contribution in [0.5, 0.6) is 5.75 Å². The van der Waals surface area contributed by atoms with E-state index in [0.29, 0.717) is 41.3 Å². The maximum absolute atomic E-state index is 12.8. The molecule has 0 aliphatic carbocycles. The first-order valence-electron chi connectivity index (χ1n) is 9.98. The molecule has 0 radical (unpaired) electrons. The lowest BCUT2D eigenvalue weighted by Crippen LogP contribution is -2.25. The summed E-state index contributed by atoms with van der Waals surface area (Å²) in [7, 11) is 1.61. The normalized spacial score (nSPS) is 10.5. The first-order valence-corrected chi connectivity index (χ1v) is 9.98. The Labute approximate surface area is 179 Å². The second-order valence-electron chi connectivity index (χ2n) is 6.60. The number of benzene rings is 1. The molecule has 1 aromatic carbocycles. The lowest BCUT2D eigenvalue weighted by molar-refractivity contribution is 0.0524. The van der Waals surface area contributed by atoms with Gasteiger partial charge in [0.15, 0.2) is 0 Å². The Morgan fingerprint density at radius 2 is 1.90 bits per heavy atom. The molecule has 2 heterocycles. The van der Waals surface area contributed by atoms with E-state index >= 15 is 0 Å². The number of hydrogen-bond acceptors (Lipinski definition) is 7. The number of rotatable bonds is 10. The van der Waals surface area contributed by atoms with Crippen molar-refractivity contribution in [3.8, 4) is 5.75 Å². The van der Waals surface area contributed by atoms with Crippen LogP contribution in [0, 0.1) is 0 Å². The number of methoxy groups -OCH3 is 1. The molecule has 0 bridgehead atoms. The fraction of sp³-hybridized carbons (Fsp3) is 0.333. The molecular formula is C21H26N6O4. The van der Waals surface area contributed by atoms with Crippen molar-refractivity contribution >= 4 is 17.6 Å². The van der Waals surface area contributed by atoms with E-state index in [2.05, 4.69) is 30.8 Å². The SMILES string of the molecule is CCOC(=O)c1c(CNc2ccc(OC)cc2)[nH]c(C(=O)NCc2ncn[nH]2)c1CC. The van der Waals surface area contributed by atoms with Gasteiger partial charge in [-0.3, -0.25) is 9.89 Å². The summed E-state index contributed by atoms with van der Waals surface area (Å²) in [5, 5.41) is 12.5. The van der Waals surface area contributed by atoms with Gasteiger partial charge in [-0.05, 0) is 43.2 Å². The van der Waals surface area contributed by atoms with E-state index in [4.69, 9.17) is 9.47 Å². The maximum atomic E-state index is 12.8. The zero-order chi connectivity index (χ0) is 22.2. The van der Waals surface area contributed by atoms with Gasteiger partial charge in [0.2, 0.25) is 0 Å². The first kappa shape index (κ1) is 21.9. The van der Waals surface area contributed by atoms with Crippen molar-refractivity contribution < 1.29 is 19.1 Å². The molecule has 0 aliphatic heterocycles. The summed E-state index contributed by atoms with van der Waals surface area (Å²) in [6.45, 7) is 4.37. The van der Waals surface area contributed by atoms with Crippen molar-refractivity contribution in [2.75, 3.05) is 19.0 Å². The Hall–Kier alpha value is -3.82. The standard InChI is InChI=1S/C21H26N6O4/c1-4-15-18(21(29)31-5-2)16(10-22-13-6-8-14(30-3)9-7-13)26-19(15)20(28)23-11-17-24-12-25-27-17/h6-9,12,22,26H,4-5,10-11H2,1-3H3,(H,23,28)(H,24,25,27). The van der Waals surface area contributed by atoms with E-state index in [-0.39, 0.29) is 19.1 Å². The van der Waals surface area contributed by atoms with Gasteiger partial charge >= 0.3 is 5.97 Å². The molecule has 0 atom stereocenters. The quantitative estimate of drug-likeness (QED) is 0.366. The highest BCUT2D eigenvalue weighted by Crippen LogP contribution is 2.23. The number of ether oxygens (including phenoxy) is 2. The topological polar surface area (TPSA) is 134 Å². The fourth-order valence-corrected chi connectivity index (χ4v) is 3.19. The molecule has 1 amide bonds. The second kappa shape index (κ2) is 10.3. The molecular weight excluding hydrogens is 400 g/mol. The van der Waals surface area contributed by atoms with Crippen LogP contribution in [0.15, 0.2) is 30.6 Å². The molecule has 31 heavy (non-hydrogen) atoms. The van der Waals surface area contributed by atoms with Gasteiger partial charge in [0.1, 0.15) is 23.6 Å². The number of nitrogens with one attached hydrogen (secondary N) is 4. The van der Waals surface area contributed by atoms with E-state index in [1.165, 1.54) is 6.33 Å². The van der Waals surface area contributed by atoms with E-state index < -0.39 is 5.97 Å². The number of H-pyrrole nitrogens is 2. The highest BCUT2D eigenvalue weighted by atomic mass is 16.5. The Balaban J connectivity index is 1.84. The fourth-order valence-electron chi connectivity index (χ4n) is 3.19. The summed E-state index contributed by atoms with van der Waals surface area (Å²) < 4.78 is 10.4. The molecule has 10 nitrogen and oxygen atoms in total. The van der Waals surface area contributed by atoms with Gasteiger partial charge in [-0.1, -0.05) is 6.92 Å². The van der Waals surface area contributed by atoms with Gasteiger partial charge in [-0.15, -0.1) is 0 Å². The van der Waals surface area contributed by atoms with Gasteiger partial charge in [0.25, 0.3) is 5.91 Å². The minimum atomic E-state index is -0.462.